The van der Waals surface area contributed by atoms with Crippen LogP contribution in [0.3, 0.4) is 0 Å². The zero-order chi connectivity index (χ0) is 33.4. The number of amides is 1. The molecule has 0 spiro atoms. The predicted molar refractivity (Wildman–Crippen MR) is 186 cm³/mol. The number of rotatable bonds is 34. The molecule has 0 aliphatic rings. The van der Waals surface area contributed by atoms with Crippen molar-refractivity contribution in [3.63, 3.8) is 0 Å². The zero-order valence-corrected chi connectivity index (χ0v) is 29.9. The Balaban J connectivity index is 4.45. The van der Waals surface area contributed by atoms with Crippen molar-refractivity contribution in [3.8, 4) is 0 Å². The van der Waals surface area contributed by atoms with Crippen molar-refractivity contribution in [2.75, 3.05) is 19.8 Å². The maximum Gasteiger partial charge on any atom is 0.472 e. The summed E-state index contributed by atoms with van der Waals surface area (Å²) in [5.74, 6) is -0.447. The number of carbonyl (C=O) groups excluding carboxylic acids is 1. The maximum atomic E-state index is 12.7. The highest BCUT2D eigenvalue weighted by molar-refractivity contribution is 7.47. The van der Waals surface area contributed by atoms with Crippen molar-refractivity contribution in [1.29, 1.82) is 0 Å². The molecule has 0 radical (unpaired) electrons. The molecule has 0 aromatic carbocycles. The van der Waals surface area contributed by atoms with E-state index in [1.165, 1.54) is 103 Å². The summed E-state index contributed by atoms with van der Waals surface area (Å²) in [5, 5.41) is 23.9. The van der Waals surface area contributed by atoms with Gasteiger partial charge in [-0.1, -0.05) is 154 Å². The van der Waals surface area contributed by atoms with Crippen LogP contribution in [0.5, 0.6) is 0 Å². The Hall–Kier alpha value is -0.800. The number of nitrogens with one attached hydrogen (secondary N) is 1. The van der Waals surface area contributed by atoms with Crippen molar-refractivity contribution in [2.45, 2.75) is 186 Å². The molecule has 4 unspecified atom stereocenters. The lowest BCUT2D eigenvalue weighted by atomic mass is 10.0. The van der Waals surface area contributed by atoms with Crippen LogP contribution in [0.2, 0.25) is 0 Å². The predicted octanol–water partition coefficient (Wildman–Crippen LogP) is 8.24. The molecule has 0 aromatic rings. The van der Waals surface area contributed by atoms with E-state index in [0.29, 0.717) is 6.42 Å². The number of phosphoric ester groups is 1. The van der Waals surface area contributed by atoms with E-state index in [1.54, 1.807) is 6.08 Å². The van der Waals surface area contributed by atoms with Crippen LogP contribution in [-0.2, 0) is 18.4 Å². The third-order valence-corrected chi connectivity index (χ3v) is 9.15. The van der Waals surface area contributed by atoms with Crippen molar-refractivity contribution in [3.05, 3.63) is 12.2 Å². The second kappa shape index (κ2) is 31.8. The Morgan fingerprint density at radius 3 is 1.71 bits per heavy atom. The molecule has 0 aliphatic carbocycles. The monoisotopic (exact) mass is 662 g/mol. The normalized spacial score (nSPS) is 15.2. The lowest BCUT2D eigenvalue weighted by Gasteiger charge is -2.24. The average molecular weight is 663 g/mol. The molecule has 6 N–H and O–H groups in total. The van der Waals surface area contributed by atoms with E-state index < -0.39 is 38.6 Å². The first-order valence-electron chi connectivity index (χ1n) is 18.4. The van der Waals surface area contributed by atoms with Crippen LogP contribution in [0, 0.1) is 0 Å². The van der Waals surface area contributed by atoms with E-state index in [4.69, 9.17) is 14.8 Å². The third kappa shape index (κ3) is 30.3. The van der Waals surface area contributed by atoms with Crippen LogP contribution in [-0.4, -0.2) is 59.0 Å². The molecule has 45 heavy (non-hydrogen) atoms. The van der Waals surface area contributed by atoms with E-state index in [1.807, 2.05) is 6.08 Å². The molecule has 0 bridgehead atoms. The van der Waals surface area contributed by atoms with Gasteiger partial charge in [-0.05, 0) is 19.3 Å². The molecule has 0 heterocycles. The van der Waals surface area contributed by atoms with Crippen LogP contribution in [0.15, 0.2) is 12.2 Å². The fourth-order valence-electron chi connectivity index (χ4n) is 5.35. The molecule has 0 saturated heterocycles. The molecule has 0 saturated carbocycles. The smallest absolute Gasteiger partial charge is 0.393 e. The molecule has 10 heteroatoms. The minimum Gasteiger partial charge on any atom is -0.393 e. The first-order valence-corrected chi connectivity index (χ1v) is 19.9. The Morgan fingerprint density at radius 1 is 0.756 bits per heavy atom. The highest BCUT2D eigenvalue weighted by Gasteiger charge is 2.27. The Morgan fingerprint density at radius 2 is 1.22 bits per heavy atom. The van der Waals surface area contributed by atoms with E-state index in [2.05, 4.69) is 19.2 Å². The van der Waals surface area contributed by atoms with Gasteiger partial charge in [0.15, 0.2) is 0 Å². The van der Waals surface area contributed by atoms with Gasteiger partial charge in [0, 0.05) is 6.54 Å². The van der Waals surface area contributed by atoms with Crippen molar-refractivity contribution in [1.82, 2.24) is 5.32 Å². The average Bonchev–Trinajstić information content (AvgIpc) is 3.01. The van der Waals surface area contributed by atoms with Crippen LogP contribution >= 0.6 is 7.82 Å². The summed E-state index contributed by atoms with van der Waals surface area (Å²) in [7, 11) is -4.38. The number of unbranched alkanes of at least 4 members (excludes halogenated alkanes) is 20. The molecule has 9 nitrogen and oxygen atoms in total. The molecule has 0 aromatic heterocycles. The fraction of sp³-hybridized carbons (Fsp3) is 0.914. The minimum absolute atomic E-state index is 0.0510. The summed E-state index contributed by atoms with van der Waals surface area (Å²) >= 11 is 0. The molecular weight excluding hydrogens is 591 g/mol. The molecule has 0 rings (SSSR count). The highest BCUT2D eigenvalue weighted by atomic mass is 31.2. The fourth-order valence-corrected chi connectivity index (χ4v) is 6.11. The number of allylic oxidation sites excluding steroid dienone is 1. The number of aliphatic hydroxyl groups excluding tert-OH is 2. The van der Waals surface area contributed by atoms with Crippen molar-refractivity contribution < 1.29 is 33.5 Å². The number of hydrogen-bond acceptors (Lipinski definition) is 7. The van der Waals surface area contributed by atoms with Gasteiger partial charge in [-0.15, -0.1) is 0 Å². The van der Waals surface area contributed by atoms with Gasteiger partial charge < -0.3 is 26.2 Å². The van der Waals surface area contributed by atoms with Gasteiger partial charge >= 0.3 is 7.82 Å². The lowest BCUT2D eigenvalue weighted by molar-refractivity contribution is -0.124. The summed E-state index contributed by atoms with van der Waals surface area (Å²) in [6.45, 7) is 3.93. The number of nitrogens with two attached hydrogens (primary N) is 1. The first kappa shape index (κ1) is 44.2. The number of phosphoric acid groups is 1. The second-order valence-corrected chi connectivity index (χ2v) is 14.1. The van der Waals surface area contributed by atoms with Crippen molar-refractivity contribution in [2.24, 2.45) is 5.73 Å². The number of hydrogen-bond donors (Lipinski definition) is 5. The van der Waals surface area contributed by atoms with Gasteiger partial charge in [-0.3, -0.25) is 13.8 Å². The van der Waals surface area contributed by atoms with E-state index >= 15 is 0 Å². The molecular formula is C35H71N2O7P. The maximum absolute atomic E-state index is 12.7. The molecule has 268 valence electrons. The molecule has 4 atom stereocenters. The highest BCUT2D eigenvalue weighted by Crippen LogP contribution is 2.43. The first-order chi connectivity index (χ1) is 21.8. The largest absolute Gasteiger partial charge is 0.472 e. The topological polar surface area (TPSA) is 151 Å². The summed E-state index contributed by atoms with van der Waals surface area (Å²) in [4.78, 5) is 22.6. The number of aliphatic hydroxyl groups is 2. The Bertz CT molecular complexity index is 741. The number of carbonyl (C=O) groups is 1. The SMILES string of the molecule is CCCCCCCCCCC/C=C/C(O)C(COP(=O)(O)OCCN)NC(=O)CC(O)CCCCCCCCCCCCCC. The molecule has 0 fully saturated rings. The van der Waals surface area contributed by atoms with Gasteiger partial charge in [0.05, 0.1) is 37.9 Å². The second-order valence-electron chi connectivity index (χ2n) is 12.6. The standard InChI is InChI=1S/C35H71N2O7P/c1-3-5-7-9-11-13-15-17-18-20-22-24-26-32(38)30-35(40)37-33(31-44-45(41,42)43-29-28-36)34(39)27-25-23-21-19-16-14-12-10-8-6-4-2/h25,27,32-34,38-39H,3-24,26,28-31,36H2,1-2H3,(H,37,40)(H,41,42)/b27-25+. The lowest BCUT2D eigenvalue weighted by Crippen LogP contribution is -2.46. The van der Waals surface area contributed by atoms with Gasteiger partial charge in [0.25, 0.3) is 0 Å². The van der Waals surface area contributed by atoms with Gasteiger partial charge in [-0.25, -0.2) is 4.57 Å². The summed E-state index contributed by atoms with van der Waals surface area (Å²) in [6, 6.07) is -0.974. The Labute approximate surface area is 276 Å². The summed E-state index contributed by atoms with van der Waals surface area (Å²) < 4.78 is 21.9. The molecule has 0 aliphatic heterocycles. The van der Waals surface area contributed by atoms with Crippen LogP contribution < -0.4 is 11.1 Å². The quantitative estimate of drug-likeness (QED) is 0.0263. The minimum atomic E-state index is -4.38. The van der Waals surface area contributed by atoms with E-state index in [9.17, 15) is 24.5 Å². The van der Waals surface area contributed by atoms with Crippen LogP contribution in [0.1, 0.15) is 168 Å². The van der Waals surface area contributed by atoms with Crippen LogP contribution in [0.25, 0.3) is 0 Å². The van der Waals surface area contributed by atoms with Crippen LogP contribution in [0.4, 0.5) is 0 Å². The van der Waals surface area contributed by atoms with Gasteiger partial charge in [-0.2, -0.15) is 0 Å². The van der Waals surface area contributed by atoms with E-state index in [-0.39, 0.29) is 19.6 Å². The van der Waals surface area contributed by atoms with Gasteiger partial charge in [0.1, 0.15) is 0 Å². The third-order valence-electron chi connectivity index (χ3n) is 8.17. The van der Waals surface area contributed by atoms with Gasteiger partial charge in [0.2, 0.25) is 5.91 Å². The molecule has 1 amide bonds. The zero-order valence-electron chi connectivity index (χ0n) is 29.0. The van der Waals surface area contributed by atoms with E-state index in [0.717, 1.165) is 38.5 Å². The Kier molecular flexibility index (Phi) is 31.2. The summed E-state index contributed by atoms with van der Waals surface area (Å²) in [6.07, 6.45) is 28.6. The van der Waals surface area contributed by atoms with Crippen molar-refractivity contribution >= 4 is 13.7 Å². The summed E-state index contributed by atoms with van der Waals surface area (Å²) in [5.41, 5.74) is 5.33.